The topological polar surface area (TPSA) is 61.9 Å². The van der Waals surface area contributed by atoms with Gasteiger partial charge in [0.05, 0.1) is 0 Å². The molecule has 1 heterocycles. The molecule has 132 valence electrons. The Labute approximate surface area is 143 Å². The highest BCUT2D eigenvalue weighted by atomic mass is 16.5. The summed E-state index contributed by atoms with van der Waals surface area (Å²) < 4.78 is 5.64. The molecule has 1 aliphatic rings. The van der Waals surface area contributed by atoms with Crippen molar-refractivity contribution in [3.05, 3.63) is 29.8 Å². The SMILES string of the molecule is CN(C)CCOc1ccc(CNC(=O)C2CCN(C)C(=O)C2)cc1. The summed E-state index contributed by atoms with van der Waals surface area (Å²) in [6.07, 6.45) is 1.04. The van der Waals surface area contributed by atoms with E-state index in [1.807, 2.05) is 38.4 Å². The Morgan fingerprint density at radius 1 is 1.33 bits per heavy atom. The number of likely N-dealkylation sites (tertiary alicyclic amines) is 1. The summed E-state index contributed by atoms with van der Waals surface area (Å²) in [6, 6.07) is 7.72. The van der Waals surface area contributed by atoms with Crippen LogP contribution in [0.2, 0.25) is 0 Å². The molecule has 1 aromatic rings. The van der Waals surface area contributed by atoms with Crippen LogP contribution in [0.5, 0.6) is 5.75 Å². The number of likely N-dealkylation sites (N-methyl/N-ethyl adjacent to an activating group) is 1. The fourth-order valence-corrected chi connectivity index (χ4v) is 2.55. The molecule has 0 radical (unpaired) electrons. The Hall–Kier alpha value is -2.08. The van der Waals surface area contributed by atoms with Crippen molar-refractivity contribution in [2.45, 2.75) is 19.4 Å². The number of nitrogens with zero attached hydrogens (tertiary/aromatic N) is 2. The van der Waals surface area contributed by atoms with Gasteiger partial charge in [0.25, 0.3) is 0 Å². The molecule has 6 heteroatoms. The molecular weight excluding hydrogens is 306 g/mol. The number of ether oxygens (including phenoxy) is 1. The van der Waals surface area contributed by atoms with Crippen molar-refractivity contribution in [1.29, 1.82) is 0 Å². The number of hydrogen-bond acceptors (Lipinski definition) is 4. The van der Waals surface area contributed by atoms with Crippen LogP contribution in [0.3, 0.4) is 0 Å². The van der Waals surface area contributed by atoms with Gasteiger partial charge in [-0.25, -0.2) is 0 Å². The summed E-state index contributed by atoms with van der Waals surface area (Å²) in [7, 11) is 5.79. The first-order chi connectivity index (χ1) is 11.5. The van der Waals surface area contributed by atoms with Gasteiger partial charge in [-0.3, -0.25) is 9.59 Å². The van der Waals surface area contributed by atoms with Crippen molar-refractivity contribution in [3.63, 3.8) is 0 Å². The highest BCUT2D eigenvalue weighted by Gasteiger charge is 2.28. The summed E-state index contributed by atoms with van der Waals surface area (Å²) in [5.41, 5.74) is 1.02. The molecule has 2 rings (SSSR count). The minimum absolute atomic E-state index is 0.0391. The zero-order valence-electron chi connectivity index (χ0n) is 14.7. The third kappa shape index (κ3) is 5.53. The van der Waals surface area contributed by atoms with E-state index in [4.69, 9.17) is 4.74 Å². The Balaban J connectivity index is 1.75. The molecule has 24 heavy (non-hydrogen) atoms. The lowest BCUT2D eigenvalue weighted by Gasteiger charge is -2.27. The Morgan fingerprint density at radius 3 is 2.67 bits per heavy atom. The molecule has 1 saturated heterocycles. The van der Waals surface area contributed by atoms with Crippen LogP contribution in [0, 0.1) is 5.92 Å². The number of carbonyl (C=O) groups excluding carboxylic acids is 2. The molecule has 6 nitrogen and oxygen atoms in total. The van der Waals surface area contributed by atoms with Crippen LogP contribution in [-0.4, -0.2) is 62.5 Å². The van der Waals surface area contributed by atoms with Crippen LogP contribution in [0.15, 0.2) is 24.3 Å². The van der Waals surface area contributed by atoms with Gasteiger partial charge in [-0.1, -0.05) is 12.1 Å². The third-order valence-electron chi connectivity index (χ3n) is 4.23. The summed E-state index contributed by atoms with van der Waals surface area (Å²) in [6.45, 7) is 2.63. The van der Waals surface area contributed by atoms with Gasteiger partial charge in [0.15, 0.2) is 0 Å². The summed E-state index contributed by atoms with van der Waals surface area (Å²) in [5.74, 6) is 0.624. The summed E-state index contributed by atoms with van der Waals surface area (Å²) in [4.78, 5) is 27.6. The maximum Gasteiger partial charge on any atom is 0.223 e. The largest absolute Gasteiger partial charge is 0.492 e. The van der Waals surface area contributed by atoms with E-state index >= 15 is 0 Å². The first-order valence-electron chi connectivity index (χ1n) is 8.34. The molecule has 2 amide bonds. The van der Waals surface area contributed by atoms with Crippen molar-refractivity contribution in [1.82, 2.24) is 15.1 Å². The zero-order chi connectivity index (χ0) is 17.5. The number of rotatable bonds is 7. The van der Waals surface area contributed by atoms with E-state index in [1.54, 1.807) is 11.9 Å². The number of carbonyl (C=O) groups is 2. The summed E-state index contributed by atoms with van der Waals surface area (Å²) in [5, 5.41) is 2.92. The van der Waals surface area contributed by atoms with Crippen LogP contribution in [0.1, 0.15) is 18.4 Å². The van der Waals surface area contributed by atoms with Gasteiger partial charge >= 0.3 is 0 Å². The van der Waals surface area contributed by atoms with E-state index in [0.29, 0.717) is 26.1 Å². The Bertz CT molecular complexity index is 557. The van der Waals surface area contributed by atoms with E-state index in [0.717, 1.165) is 24.3 Å². The van der Waals surface area contributed by atoms with Crippen LogP contribution >= 0.6 is 0 Å². The molecule has 1 N–H and O–H groups in total. The van der Waals surface area contributed by atoms with Crippen molar-refractivity contribution in [2.24, 2.45) is 5.92 Å². The molecule has 1 fully saturated rings. The Morgan fingerprint density at radius 2 is 2.04 bits per heavy atom. The van der Waals surface area contributed by atoms with Gasteiger partial charge in [-0.05, 0) is 38.2 Å². The molecule has 0 aliphatic carbocycles. The van der Waals surface area contributed by atoms with Gasteiger partial charge < -0.3 is 19.9 Å². The molecule has 0 spiro atoms. The van der Waals surface area contributed by atoms with Crippen molar-refractivity contribution >= 4 is 11.8 Å². The second-order valence-electron chi connectivity index (χ2n) is 6.52. The molecular formula is C18H27N3O3. The molecule has 1 atom stereocenters. The molecule has 0 aromatic heterocycles. The smallest absolute Gasteiger partial charge is 0.223 e. The van der Waals surface area contributed by atoms with Crippen LogP contribution in [0.4, 0.5) is 0 Å². The maximum absolute atomic E-state index is 12.2. The minimum Gasteiger partial charge on any atom is -0.492 e. The number of nitrogens with one attached hydrogen (secondary N) is 1. The first-order valence-corrected chi connectivity index (χ1v) is 8.34. The van der Waals surface area contributed by atoms with Gasteiger partial charge in [0.2, 0.25) is 11.8 Å². The number of amides is 2. The quantitative estimate of drug-likeness (QED) is 0.812. The van der Waals surface area contributed by atoms with Gasteiger partial charge in [0.1, 0.15) is 12.4 Å². The van der Waals surface area contributed by atoms with E-state index in [-0.39, 0.29) is 17.7 Å². The van der Waals surface area contributed by atoms with E-state index in [9.17, 15) is 9.59 Å². The average Bonchev–Trinajstić information content (AvgIpc) is 2.56. The lowest BCUT2D eigenvalue weighted by Crippen LogP contribution is -2.41. The van der Waals surface area contributed by atoms with E-state index in [2.05, 4.69) is 10.2 Å². The zero-order valence-corrected chi connectivity index (χ0v) is 14.7. The van der Waals surface area contributed by atoms with Crippen molar-refractivity contribution in [2.75, 3.05) is 40.8 Å². The number of piperidine rings is 1. The monoisotopic (exact) mass is 333 g/mol. The molecule has 0 saturated carbocycles. The lowest BCUT2D eigenvalue weighted by molar-refractivity contribution is -0.139. The standard InChI is InChI=1S/C18H27N3O3/c1-20(2)10-11-24-16-6-4-14(5-7-16)13-19-18(23)15-8-9-21(3)17(22)12-15/h4-7,15H,8-13H2,1-3H3,(H,19,23). The van der Waals surface area contributed by atoms with E-state index < -0.39 is 0 Å². The van der Waals surface area contributed by atoms with Gasteiger partial charge in [-0.15, -0.1) is 0 Å². The maximum atomic E-state index is 12.2. The lowest BCUT2D eigenvalue weighted by atomic mass is 9.95. The van der Waals surface area contributed by atoms with Crippen molar-refractivity contribution in [3.8, 4) is 5.75 Å². The predicted octanol–water partition coefficient (Wildman–Crippen LogP) is 1.11. The second kappa shape index (κ2) is 8.68. The summed E-state index contributed by atoms with van der Waals surface area (Å²) >= 11 is 0. The average molecular weight is 333 g/mol. The van der Waals surface area contributed by atoms with Gasteiger partial charge in [-0.2, -0.15) is 0 Å². The van der Waals surface area contributed by atoms with Gasteiger partial charge in [0, 0.05) is 39.0 Å². The minimum atomic E-state index is -0.206. The third-order valence-corrected chi connectivity index (χ3v) is 4.23. The fraction of sp³-hybridized carbons (Fsp3) is 0.556. The number of hydrogen-bond donors (Lipinski definition) is 1. The molecule has 0 bridgehead atoms. The van der Waals surface area contributed by atoms with E-state index in [1.165, 1.54) is 0 Å². The van der Waals surface area contributed by atoms with Crippen LogP contribution in [0.25, 0.3) is 0 Å². The predicted molar refractivity (Wildman–Crippen MR) is 92.7 cm³/mol. The van der Waals surface area contributed by atoms with Crippen molar-refractivity contribution < 1.29 is 14.3 Å². The van der Waals surface area contributed by atoms with Crippen LogP contribution in [-0.2, 0) is 16.1 Å². The Kier molecular flexibility index (Phi) is 6.61. The molecule has 1 aliphatic heterocycles. The fourth-order valence-electron chi connectivity index (χ4n) is 2.55. The highest BCUT2D eigenvalue weighted by Crippen LogP contribution is 2.18. The molecule has 1 unspecified atom stereocenters. The second-order valence-corrected chi connectivity index (χ2v) is 6.52. The normalized spacial score (nSPS) is 17.9. The number of benzene rings is 1. The highest BCUT2D eigenvalue weighted by molar-refractivity contribution is 5.86. The first kappa shape index (κ1) is 18.3. The molecule has 1 aromatic carbocycles. The van der Waals surface area contributed by atoms with Crippen LogP contribution < -0.4 is 10.1 Å².